The summed E-state index contributed by atoms with van der Waals surface area (Å²) in [5.41, 5.74) is 6.77. The van der Waals surface area contributed by atoms with E-state index in [-0.39, 0.29) is 19.3 Å². The molecule has 1 heterocycles. The second-order valence-corrected chi connectivity index (χ2v) is 6.06. The highest BCUT2D eigenvalue weighted by molar-refractivity contribution is 5.99. The first-order chi connectivity index (χ1) is 14.0. The Morgan fingerprint density at radius 2 is 1.83 bits per heavy atom. The number of hydrogen-bond donors (Lipinski definition) is 3. The maximum Gasteiger partial charge on any atom is 0.426 e. The first-order valence-corrected chi connectivity index (χ1v) is 8.74. The predicted octanol–water partition coefficient (Wildman–Crippen LogP) is 2.70. The zero-order valence-electron chi connectivity index (χ0n) is 16.0. The summed E-state index contributed by atoms with van der Waals surface area (Å²) in [6, 6.07) is 12.2. The molecule has 0 radical (unpaired) electrons. The van der Waals surface area contributed by atoms with Gasteiger partial charge in [0.2, 0.25) is 12.7 Å². The van der Waals surface area contributed by atoms with E-state index in [0.29, 0.717) is 22.9 Å². The summed E-state index contributed by atoms with van der Waals surface area (Å²) in [6.07, 6.45) is 0.624. The Labute approximate surface area is 167 Å². The molecule has 2 amide bonds. The first kappa shape index (κ1) is 19.9. The molecular weight excluding hydrogens is 378 g/mol. The fourth-order valence-corrected chi connectivity index (χ4v) is 2.44. The lowest BCUT2D eigenvalue weighted by atomic mass is 10.2. The van der Waals surface area contributed by atoms with Gasteiger partial charge in [0.25, 0.3) is 0 Å². The van der Waals surface area contributed by atoms with Crippen LogP contribution in [0.25, 0.3) is 0 Å². The van der Waals surface area contributed by atoms with Gasteiger partial charge in [0, 0.05) is 23.5 Å². The van der Waals surface area contributed by atoms with E-state index in [1.807, 2.05) is 0 Å². The highest BCUT2D eigenvalue weighted by Crippen LogP contribution is 2.34. The van der Waals surface area contributed by atoms with E-state index in [2.05, 4.69) is 16.2 Å². The van der Waals surface area contributed by atoms with E-state index in [9.17, 15) is 9.59 Å². The molecule has 0 aromatic heterocycles. The van der Waals surface area contributed by atoms with Crippen molar-refractivity contribution in [2.45, 2.75) is 13.5 Å². The molecule has 0 unspecified atom stereocenters. The van der Waals surface area contributed by atoms with E-state index in [1.54, 1.807) is 56.5 Å². The molecule has 3 N–H and O–H groups in total. The van der Waals surface area contributed by atoms with Crippen LogP contribution in [-0.2, 0) is 16.1 Å². The summed E-state index contributed by atoms with van der Waals surface area (Å²) in [4.78, 5) is 23.8. The second kappa shape index (κ2) is 9.36. The number of hydrazine groups is 1. The molecule has 3 rings (SSSR count). The van der Waals surface area contributed by atoms with Crippen LogP contribution in [0.15, 0.2) is 54.2 Å². The third-order valence-corrected chi connectivity index (χ3v) is 3.88. The number of allylic oxidation sites excluding steroid dienone is 1. The van der Waals surface area contributed by atoms with E-state index in [0.717, 1.165) is 11.3 Å². The van der Waals surface area contributed by atoms with Gasteiger partial charge in [-0.15, -0.1) is 0 Å². The maximum atomic E-state index is 12.1. The fourth-order valence-electron chi connectivity index (χ4n) is 2.44. The molecule has 9 heteroatoms. The van der Waals surface area contributed by atoms with Gasteiger partial charge in [0.05, 0.1) is 7.11 Å². The summed E-state index contributed by atoms with van der Waals surface area (Å²) in [5, 5.41) is 2.70. The number of amides is 2. The van der Waals surface area contributed by atoms with Gasteiger partial charge in [-0.25, -0.2) is 10.2 Å². The van der Waals surface area contributed by atoms with Gasteiger partial charge >= 0.3 is 6.09 Å². The van der Waals surface area contributed by atoms with Crippen LogP contribution in [0.1, 0.15) is 12.5 Å². The molecule has 29 heavy (non-hydrogen) atoms. The van der Waals surface area contributed by atoms with Gasteiger partial charge < -0.3 is 29.7 Å². The molecule has 0 spiro atoms. The zero-order chi connectivity index (χ0) is 20.6. The van der Waals surface area contributed by atoms with Crippen molar-refractivity contribution >= 4 is 17.7 Å². The van der Waals surface area contributed by atoms with E-state index in [1.165, 1.54) is 6.08 Å². The zero-order valence-corrected chi connectivity index (χ0v) is 16.0. The minimum Gasteiger partial charge on any atom is -0.497 e. The number of carbonyl (C=O) groups excluding carboxylic acids is 2. The van der Waals surface area contributed by atoms with Gasteiger partial charge in [-0.1, -0.05) is 12.1 Å². The third-order valence-electron chi connectivity index (χ3n) is 3.88. The van der Waals surface area contributed by atoms with Crippen molar-refractivity contribution in [1.29, 1.82) is 0 Å². The lowest BCUT2D eigenvalue weighted by Gasteiger charge is -2.10. The Morgan fingerprint density at radius 1 is 1.07 bits per heavy atom. The highest BCUT2D eigenvalue weighted by Gasteiger charge is 2.13. The van der Waals surface area contributed by atoms with Gasteiger partial charge in [-0.05, 0) is 36.8 Å². The number of benzene rings is 2. The number of ether oxygens (including phenoxy) is 4. The first-order valence-electron chi connectivity index (χ1n) is 8.74. The Kier molecular flexibility index (Phi) is 6.41. The Hall–Kier alpha value is -3.88. The van der Waals surface area contributed by atoms with Crippen molar-refractivity contribution in [3.05, 3.63) is 59.8 Å². The molecule has 0 bridgehead atoms. The van der Waals surface area contributed by atoms with Crippen molar-refractivity contribution in [3.63, 3.8) is 0 Å². The predicted molar refractivity (Wildman–Crippen MR) is 104 cm³/mol. The van der Waals surface area contributed by atoms with Crippen LogP contribution in [0.4, 0.5) is 10.5 Å². The molecule has 2 aromatic rings. The van der Waals surface area contributed by atoms with Crippen LogP contribution < -0.4 is 30.4 Å². The van der Waals surface area contributed by atoms with Crippen molar-refractivity contribution in [1.82, 2.24) is 10.9 Å². The number of fused-ring (bicyclic) bond motifs is 1. The standard InChI is InChI=1S/C20H21N3O6/c1-13(9-19(24)21-15-5-8-17-18(10-15)29-12-28-17)22-23-20(25)27-11-14-3-6-16(26-2)7-4-14/h3-10,22H,11-12H2,1-2H3,(H,21,24)(H,23,25)/b13-9-. The van der Waals surface area contributed by atoms with Crippen molar-refractivity contribution < 1.29 is 28.5 Å². The highest BCUT2D eigenvalue weighted by atomic mass is 16.7. The molecule has 2 aromatic carbocycles. The minimum absolute atomic E-state index is 0.102. The molecule has 1 aliphatic rings. The molecular formula is C20H21N3O6. The van der Waals surface area contributed by atoms with Crippen LogP contribution in [0, 0.1) is 0 Å². The Morgan fingerprint density at radius 3 is 2.59 bits per heavy atom. The van der Waals surface area contributed by atoms with E-state index < -0.39 is 6.09 Å². The molecule has 0 fully saturated rings. The normalized spacial score (nSPS) is 12.1. The summed E-state index contributed by atoms with van der Waals surface area (Å²) >= 11 is 0. The van der Waals surface area contributed by atoms with E-state index in [4.69, 9.17) is 18.9 Å². The molecule has 9 nitrogen and oxygen atoms in total. The number of rotatable bonds is 7. The van der Waals surface area contributed by atoms with Crippen LogP contribution >= 0.6 is 0 Å². The number of nitrogens with one attached hydrogen (secondary N) is 3. The Bertz CT molecular complexity index is 911. The van der Waals surface area contributed by atoms with Gasteiger partial charge in [0.1, 0.15) is 12.4 Å². The lowest BCUT2D eigenvalue weighted by molar-refractivity contribution is -0.112. The minimum atomic E-state index is -0.676. The average Bonchev–Trinajstić information content (AvgIpc) is 3.19. The monoisotopic (exact) mass is 399 g/mol. The molecule has 0 atom stereocenters. The largest absolute Gasteiger partial charge is 0.497 e. The number of hydrogen-bond acceptors (Lipinski definition) is 7. The van der Waals surface area contributed by atoms with E-state index >= 15 is 0 Å². The average molecular weight is 399 g/mol. The SMILES string of the molecule is COc1ccc(COC(=O)NN/C(C)=C\C(=O)Nc2ccc3c(c2)OCO3)cc1. The molecule has 0 saturated heterocycles. The second-order valence-electron chi connectivity index (χ2n) is 6.06. The van der Waals surface area contributed by atoms with Crippen molar-refractivity contribution in [3.8, 4) is 17.2 Å². The summed E-state index contributed by atoms with van der Waals surface area (Å²) in [5.74, 6) is 1.55. The molecule has 152 valence electrons. The van der Waals surface area contributed by atoms with Crippen molar-refractivity contribution in [2.24, 2.45) is 0 Å². The number of carbonyl (C=O) groups is 2. The Balaban J connectivity index is 1.41. The summed E-state index contributed by atoms with van der Waals surface area (Å²) < 4.78 is 20.6. The molecule has 0 saturated carbocycles. The maximum absolute atomic E-state index is 12.1. The molecule has 0 aliphatic carbocycles. The quantitative estimate of drug-likeness (QED) is 0.485. The molecule has 1 aliphatic heterocycles. The van der Waals surface area contributed by atoms with Gasteiger partial charge in [0.15, 0.2) is 11.5 Å². The van der Waals surface area contributed by atoms with Crippen LogP contribution in [0.3, 0.4) is 0 Å². The third kappa shape index (κ3) is 5.80. The number of anilines is 1. The topological polar surface area (TPSA) is 107 Å². The fraction of sp³-hybridized carbons (Fsp3) is 0.200. The van der Waals surface area contributed by atoms with Crippen LogP contribution in [0.2, 0.25) is 0 Å². The lowest BCUT2D eigenvalue weighted by Crippen LogP contribution is -2.36. The number of methoxy groups -OCH3 is 1. The smallest absolute Gasteiger partial charge is 0.426 e. The van der Waals surface area contributed by atoms with Crippen molar-refractivity contribution in [2.75, 3.05) is 19.2 Å². The summed E-state index contributed by atoms with van der Waals surface area (Å²) in [7, 11) is 1.58. The van der Waals surface area contributed by atoms with Crippen LogP contribution in [0.5, 0.6) is 17.2 Å². The van der Waals surface area contributed by atoms with Crippen LogP contribution in [-0.4, -0.2) is 25.9 Å². The van der Waals surface area contributed by atoms with Gasteiger partial charge in [-0.3, -0.25) is 4.79 Å². The summed E-state index contributed by atoms with van der Waals surface area (Å²) in [6.45, 7) is 1.89. The van der Waals surface area contributed by atoms with Gasteiger partial charge in [-0.2, -0.15) is 0 Å².